The van der Waals surface area contributed by atoms with Crippen LogP contribution in [0.1, 0.15) is 138 Å². The highest BCUT2D eigenvalue weighted by molar-refractivity contribution is 7.99. The number of alkyl halides is 3. The number of allylic oxidation sites excluding steroid dienone is 1. The minimum atomic E-state index is -6.11. The number of carbonyl (C=O) groups is 5. The number of hydrogen-bond acceptors (Lipinski definition) is 18. The van der Waals surface area contributed by atoms with E-state index in [-0.39, 0.29) is 47.1 Å². The van der Waals surface area contributed by atoms with Crippen LogP contribution in [0.4, 0.5) is 24.5 Å². The zero-order valence-electron chi connectivity index (χ0n) is 63.2. The molecule has 5 amide bonds. The number of morpholine rings is 1. The third kappa shape index (κ3) is 23.1. The number of carbonyl (C=O) groups excluding carboxylic acids is 5. The van der Waals surface area contributed by atoms with Gasteiger partial charge in [0, 0.05) is 124 Å². The number of sulfone groups is 1. The van der Waals surface area contributed by atoms with Crippen LogP contribution in [0.2, 0.25) is 5.02 Å². The van der Waals surface area contributed by atoms with Crippen molar-refractivity contribution >= 4 is 101 Å². The van der Waals surface area contributed by atoms with E-state index in [2.05, 4.69) is 72.0 Å². The van der Waals surface area contributed by atoms with Crippen LogP contribution in [-0.4, -0.2) is 199 Å². The molecule has 5 aromatic carbocycles. The van der Waals surface area contributed by atoms with Gasteiger partial charge in [-0.25, -0.2) is 26.5 Å². The van der Waals surface area contributed by atoms with Crippen LogP contribution in [0, 0.1) is 17.8 Å². The Bertz CT molecular complexity index is 4370. The van der Waals surface area contributed by atoms with Gasteiger partial charge in [0.05, 0.1) is 45.9 Å². The molecule has 5 atom stereocenters. The fraction of sp³-hybridized carbons (Fsp3) is 0.500. The second-order valence-electron chi connectivity index (χ2n) is 30.5. The molecule has 4 heterocycles. The number of thiazole rings is 1. The number of unbranched alkanes of at least 4 members (excludes halogenated alkanes) is 2. The maximum atomic E-state index is 14.4. The number of amides is 5. The van der Waals surface area contributed by atoms with Crippen molar-refractivity contribution in [3.8, 4) is 10.4 Å². The molecule has 4 aliphatic rings. The van der Waals surface area contributed by atoms with Crippen LogP contribution < -0.4 is 30.9 Å². The van der Waals surface area contributed by atoms with E-state index in [0.29, 0.717) is 127 Å². The Kier molecular flexibility index (Phi) is 29.1. The normalized spacial score (nSPS) is 18.6. The van der Waals surface area contributed by atoms with Crippen LogP contribution in [0.3, 0.4) is 0 Å². The van der Waals surface area contributed by atoms with Crippen molar-refractivity contribution < 1.29 is 58.7 Å². The number of sulfonamides is 1. The zero-order valence-corrected chi connectivity index (χ0v) is 67.3. The molecule has 0 saturated carbocycles. The number of rotatable bonds is 33. The minimum Gasteiger partial charge on any atom is -0.380 e. The number of hydrogen-bond donors (Lipinski definition) is 5. The third-order valence-corrected chi connectivity index (χ3v) is 26.1. The lowest BCUT2D eigenvalue weighted by atomic mass is 9.71. The van der Waals surface area contributed by atoms with Gasteiger partial charge in [0.15, 0.2) is 0 Å². The summed E-state index contributed by atoms with van der Waals surface area (Å²) >= 11 is 9.40. The summed E-state index contributed by atoms with van der Waals surface area (Å²) in [4.78, 5) is 83.1. The van der Waals surface area contributed by atoms with E-state index in [4.69, 9.17) is 16.3 Å². The lowest BCUT2D eigenvalue weighted by Crippen LogP contribution is -2.57. The van der Waals surface area contributed by atoms with Gasteiger partial charge in [0.2, 0.25) is 23.6 Å². The Morgan fingerprint density at radius 1 is 0.807 bits per heavy atom. The number of aryl methyl sites for hydroxylation is 1. The van der Waals surface area contributed by atoms with E-state index in [1.54, 1.807) is 28.4 Å². The van der Waals surface area contributed by atoms with E-state index >= 15 is 0 Å². The summed E-state index contributed by atoms with van der Waals surface area (Å²) in [6.07, 6.45) is 6.65. The fourth-order valence-electron chi connectivity index (χ4n) is 14.7. The number of piperazine rings is 1. The maximum Gasteiger partial charge on any atom is 0.501 e. The van der Waals surface area contributed by atoms with Gasteiger partial charge in [-0.05, 0) is 172 Å². The second kappa shape index (κ2) is 37.7. The minimum absolute atomic E-state index is 0.0417. The lowest BCUT2D eigenvalue weighted by molar-refractivity contribution is -0.144. The number of thioether (sulfide) groups is 1. The monoisotopic (exact) mass is 1600 g/mol. The maximum absolute atomic E-state index is 14.4. The number of nitrogens with zero attached hydrogens (tertiary/aromatic N) is 6. The Morgan fingerprint density at radius 3 is 2.15 bits per heavy atom. The van der Waals surface area contributed by atoms with Crippen molar-refractivity contribution in [2.75, 3.05) is 115 Å². The van der Waals surface area contributed by atoms with Gasteiger partial charge in [-0.2, -0.15) is 13.2 Å². The lowest BCUT2D eigenvalue weighted by Gasteiger charge is -2.42. The summed E-state index contributed by atoms with van der Waals surface area (Å²) < 4.78 is 105. The molecule has 6 aromatic rings. The van der Waals surface area contributed by atoms with Crippen LogP contribution in [0.25, 0.3) is 16.0 Å². The molecule has 29 heteroatoms. The summed E-state index contributed by atoms with van der Waals surface area (Å²) in [6, 6.07) is 31.8. The number of halogens is 4. The van der Waals surface area contributed by atoms with Gasteiger partial charge in [0.1, 0.15) is 17.0 Å². The number of benzene rings is 5. The molecule has 590 valence electrons. The van der Waals surface area contributed by atoms with Gasteiger partial charge >= 0.3 is 5.51 Å². The Hall–Kier alpha value is -7.41. The first-order chi connectivity index (χ1) is 51.8. The van der Waals surface area contributed by atoms with Crippen molar-refractivity contribution in [3.63, 3.8) is 0 Å². The fourth-order valence-corrected chi connectivity index (χ4v) is 18.7. The van der Waals surface area contributed by atoms with E-state index in [0.717, 1.165) is 95.4 Å². The molecular weight excluding hydrogens is 1500 g/mol. The third-order valence-electron chi connectivity index (χ3n) is 20.9. The first kappa shape index (κ1) is 84.0. The Balaban J connectivity index is 0.662. The van der Waals surface area contributed by atoms with E-state index in [1.165, 1.54) is 35.0 Å². The summed E-state index contributed by atoms with van der Waals surface area (Å²) in [6.45, 7) is 20.7. The molecule has 1 aliphatic carbocycles. The Labute approximate surface area is 653 Å². The van der Waals surface area contributed by atoms with Gasteiger partial charge in [0.25, 0.3) is 25.8 Å². The molecule has 1 aromatic heterocycles. The molecule has 3 aliphatic heterocycles. The highest BCUT2D eigenvalue weighted by Gasteiger charge is 2.49. The second-order valence-corrected chi connectivity index (χ2v) is 36.4. The zero-order chi connectivity index (χ0) is 78.3. The highest BCUT2D eigenvalue weighted by atomic mass is 35.5. The molecule has 21 nitrogen and oxygen atoms in total. The predicted molar refractivity (Wildman–Crippen MR) is 425 cm³/mol. The molecule has 3 saturated heterocycles. The largest absolute Gasteiger partial charge is 0.501 e. The molecule has 3 fully saturated rings. The van der Waals surface area contributed by atoms with Crippen LogP contribution >= 0.6 is 34.7 Å². The van der Waals surface area contributed by atoms with E-state index in [9.17, 15) is 54.0 Å². The van der Waals surface area contributed by atoms with Crippen molar-refractivity contribution in [2.45, 2.75) is 157 Å². The number of likely N-dealkylation sites (tertiary alicyclic amines) is 1. The molecule has 0 spiro atoms. The summed E-state index contributed by atoms with van der Waals surface area (Å²) in [5, 5.41) is 12.9. The molecule has 0 bridgehead atoms. The van der Waals surface area contributed by atoms with Crippen molar-refractivity contribution in [1.82, 2.24) is 45.3 Å². The van der Waals surface area contributed by atoms with E-state index < -0.39 is 70.3 Å². The first-order valence-corrected chi connectivity index (χ1v) is 42.7. The predicted octanol–water partition coefficient (Wildman–Crippen LogP) is 12.6. The number of aromatic nitrogens is 1. The van der Waals surface area contributed by atoms with Gasteiger partial charge in [-0.3, -0.25) is 33.8 Å². The SMILES string of the molecule is Cc1ncsc1-c1ccc([C@H](C)NC(=O)[C@@H]2CCCN2C(=O)[C@@H](NC(=O)CCCCCC(=O)NCCN(C)CC2(C)CCC(c3ccc(Cl)cc3)=C(CN3CCN(c4ccc(C(=O)NS(=O)(=O)c5ccc(N[C@H](CCN6CCOCC6)CSc6ccccc6)c(S(=O)(=O)C(F)(F)F)c5)cc4)CC3)C2)C(C)(C)C)cc1. The van der Waals surface area contributed by atoms with Crippen LogP contribution in [0.15, 0.2) is 147 Å². The highest BCUT2D eigenvalue weighted by Crippen LogP contribution is 2.44. The molecular formula is C80H103ClF3N11O10S4. The number of ether oxygens (including phenoxy) is 1. The number of likely N-dealkylation sites (N-methyl/N-ethyl adjacent to an activating group) is 1. The molecule has 5 N–H and O–H groups in total. The van der Waals surface area contributed by atoms with Crippen molar-refractivity contribution in [2.24, 2.45) is 10.8 Å². The van der Waals surface area contributed by atoms with Crippen molar-refractivity contribution in [1.29, 1.82) is 0 Å². The number of nitrogens with one attached hydrogen (secondary N) is 5. The average molecular weight is 1600 g/mol. The van der Waals surface area contributed by atoms with Gasteiger partial charge in [-0.15, -0.1) is 23.1 Å². The molecule has 109 heavy (non-hydrogen) atoms. The summed E-state index contributed by atoms with van der Waals surface area (Å²) in [7, 11) is -8.94. The Morgan fingerprint density at radius 2 is 1.49 bits per heavy atom. The van der Waals surface area contributed by atoms with Gasteiger partial charge in [-0.1, -0.05) is 106 Å². The van der Waals surface area contributed by atoms with Gasteiger partial charge < -0.3 is 40.7 Å². The molecule has 1 unspecified atom stereocenters. The molecule has 10 rings (SSSR count). The van der Waals surface area contributed by atoms with Crippen molar-refractivity contribution in [3.05, 3.63) is 160 Å². The average Bonchev–Trinajstić information content (AvgIpc) is 1.27. The topological polar surface area (TPSA) is 252 Å². The van der Waals surface area contributed by atoms with Crippen LogP contribution in [0.5, 0.6) is 0 Å². The van der Waals surface area contributed by atoms with Crippen LogP contribution in [-0.2, 0) is 43.8 Å². The van der Waals surface area contributed by atoms with E-state index in [1.807, 2.05) is 112 Å². The summed E-state index contributed by atoms with van der Waals surface area (Å²) in [5.41, 5.74) is 2.47. The summed E-state index contributed by atoms with van der Waals surface area (Å²) in [5.74, 6) is -1.51. The first-order valence-electron chi connectivity index (χ1n) is 37.5. The smallest absolute Gasteiger partial charge is 0.380 e. The quantitative estimate of drug-likeness (QED) is 0.0190. The molecule has 0 radical (unpaired) electrons. The number of anilines is 2. The standard InChI is InChI=1S/C80H103ClF3N11O10S4/c1-55(57-20-22-59(23-21-57)73-56(2)86-54-107-73)87-76(99)69-17-14-38-95(69)77(100)74(78(3,4)5)89-72(97)19-13-9-12-18-71(96)85-37-40-91(7)53-79(6)36-34-67(58-24-28-62(81)29-25-58)61(50-79)51-93-41-43-94(44-42-93)64-30-26-60(27-31-64)75(98)90-109(103,104)66-32-33-68(70(49-66)108(101,102)80(82,83)84)88-63(35-39-92-45-47-105-48-46-92)52-106-65-15-10-8-11-16-65/h8,10-11,15-16,20-33,49,54-55,63,69,74,88H,9,12-14,17-19,34-48,50-53H2,1-7H3,(H,85,96)(H,87,99)(H,89,97)(H,90,98)/t55-,63+,69-,74+,79?/m0/s1.